The summed E-state index contributed by atoms with van der Waals surface area (Å²) >= 11 is 0. The predicted molar refractivity (Wildman–Crippen MR) is 159 cm³/mol. The number of piperazine rings is 1. The molecule has 1 aliphatic rings. The molecule has 2 aromatic carbocycles. The molecule has 11 heteroatoms. The first-order valence-electron chi connectivity index (χ1n) is 13.6. The van der Waals surface area contributed by atoms with Gasteiger partial charge in [0.1, 0.15) is 5.76 Å². The van der Waals surface area contributed by atoms with Gasteiger partial charge in [-0.3, -0.25) is 20.1 Å². The Morgan fingerprint density at radius 3 is 2.39 bits per heavy atom. The summed E-state index contributed by atoms with van der Waals surface area (Å²) in [4.78, 5) is 30.1. The Hall–Kier alpha value is -4.48. The second kappa shape index (κ2) is 11.9. The van der Waals surface area contributed by atoms with Crippen molar-refractivity contribution in [1.82, 2.24) is 25.2 Å². The zero-order chi connectivity index (χ0) is 29.0. The van der Waals surface area contributed by atoms with Gasteiger partial charge in [0.05, 0.1) is 5.69 Å². The van der Waals surface area contributed by atoms with E-state index in [-0.39, 0.29) is 11.3 Å². The third kappa shape index (κ3) is 7.38. The van der Waals surface area contributed by atoms with E-state index in [4.69, 9.17) is 4.52 Å². The molecule has 11 nitrogen and oxygen atoms in total. The Bertz CT molecular complexity index is 1490. The van der Waals surface area contributed by atoms with E-state index in [2.05, 4.69) is 48.2 Å². The quantitative estimate of drug-likeness (QED) is 0.252. The lowest BCUT2D eigenvalue weighted by molar-refractivity contribution is 0.102. The van der Waals surface area contributed by atoms with E-state index in [0.717, 1.165) is 38.3 Å². The lowest BCUT2D eigenvalue weighted by Gasteiger charge is -2.32. The molecule has 0 saturated carbocycles. The fourth-order valence-electron chi connectivity index (χ4n) is 4.48. The molecule has 3 amide bonds. The zero-order valence-corrected chi connectivity index (χ0v) is 23.8. The molecular formula is C30H36N8O3. The highest BCUT2D eigenvalue weighted by Gasteiger charge is 2.20. The number of rotatable bonds is 7. The largest absolute Gasteiger partial charge is 0.359 e. The number of benzene rings is 2. The molecule has 4 aromatic rings. The van der Waals surface area contributed by atoms with Crippen molar-refractivity contribution >= 4 is 29.3 Å². The number of aromatic nitrogens is 3. The van der Waals surface area contributed by atoms with Crippen LogP contribution in [0.2, 0.25) is 0 Å². The normalized spacial score (nSPS) is 14.5. The van der Waals surface area contributed by atoms with Crippen LogP contribution >= 0.6 is 0 Å². The average molecular weight is 557 g/mol. The van der Waals surface area contributed by atoms with Crippen LogP contribution in [0.25, 0.3) is 11.3 Å². The topological polar surface area (TPSA) is 131 Å². The summed E-state index contributed by atoms with van der Waals surface area (Å²) < 4.78 is 5.31. The third-order valence-electron chi connectivity index (χ3n) is 6.96. The smallest absolute Gasteiger partial charge is 0.324 e. The van der Waals surface area contributed by atoms with Crippen LogP contribution in [0.15, 0.2) is 65.2 Å². The van der Waals surface area contributed by atoms with Crippen molar-refractivity contribution in [2.75, 3.05) is 49.2 Å². The summed E-state index contributed by atoms with van der Waals surface area (Å²) in [6, 6.07) is 18.0. The Morgan fingerprint density at radius 2 is 1.68 bits per heavy atom. The first-order chi connectivity index (χ1) is 19.6. The number of anilines is 3. The van der Waals surface area contributed by atoms with Crippen molar-refractivity contribution in [3.63, 3.8) is 0 Å². The van der Waals surface area contributed by atoms with E-state index in [1.165, 1.54) is 5.56 Å². The molecule has 214 valence electrons. The van der Waals surface area contributed by atoms with Crippen molar-refractivity contribution in [3.05, 3.63) is 77.6 Å². The number of hydrogen-bond acceptors (Lipinski definition) is 7. The molecule has 0 atom stereocenters. The van der Waals surface area contributed by atoms with Crippen LogP contribution in [-0.4, -0.2) is 70.3 Å². The number of likely N-dealkylation sites (N-methyl/N-ethyl adjacent to an activating group) is 1. The molecule has 4 N–H and O–H groups in total. The second-order valence-electron chi connectivity index (χ2n) is 11.4. The molecule has 0 aliphatic carbocycles. The van der Waals surface area contributed by atoms with Crippen LogP contribution in [-0.2, 0) is 12.0 Å². The van der Waals surface area contributed by atoms with Crippen LogP contribution in [0.3, 0.4) is 0 Å². The monoisotopic (exact) mass is 556 g/mol. The number of hydrogen-bond donors (Lipinski definition) is 4. The second-order valence-corrected chi connectivity index (χ2v) is 11.4. The van der Waals surface area contributed by atoms with Crippen molar-refractivity contribution in [2.45, 2.75) is 32.7 Å². The average Bonchev–Trinajstić information content (AvgIpc) is 3.60. The number of H-pyrrole nitrogens is 1. The molecule has 1 fully saturated rings. The fourth-order valence-corrected chi connectivity index (χ4v) is 4.48. The van der Waals surface area contributed by atoms with Gasteiger partial charge < -0.3 is 20.1 Å². The van der Waals surface area contributed by atoms with E-state index in [9.17, 15) is 9.59 Å². The van der Waals surface area contributed by atoms with Crippen molar-refractivity contribution < 1.29 is 14.1 Å². The molecule has 0 unspecified atom stereocenters. The summed E-state index contributed by atoms with van der Waals surface area (Å²) in [6.45, 7) is 11.1. The lowest BCUT2D eigenvalue weighted by atomic mass is 9.93. The van der Waals surface area contributed by atoms with Gasteiger partial charge >= 0.3 is 6.03 Å². The number of urea groups is 1. The SMILES string of the molecule is CN1CCN(Cc2ccc(C(=O)Nc3cc(-c4cccc(NC(=O)Nc5cc(C(C)(C)C)on5)c4)[nH]n3)cc2)CC1. The molecule has 2 aromatic heterocycles. The highest BCUT2D eigenvalue weighted by atomic mass is 16.5. The van der Waals surface area contributed by atoms with E-state index in [1.54, 1.807) is 24.3 Å². The highest BCUT2D eigenvalue weighted by Crippen LogP contribution is 2.25. The molecule has 3 heterocycles. The van der Waals surface area contributed by atoms with Crippen LogP contribution in [0.1, 0.15) is 42.5 Å². The van der Waals surface area contributed by atoms with Gasteiger partial charge in [0.2, 0.25) is 0 Å². The molecular weight excluding hydrogens is 520 g/mol. The number of carbonyl (C=O) groups is 2. The van der Waals surface area contributed by atoms with Crippen molar-refractivity contribution in [2.24, 2.45) is 0 Å². The molecule has 0 spiro atoms. The molecule has 0 radical (unpaired) electrons. The van der Waals surface area contributed by atoms with Crippen LogP contribution in [0, 0.1) is 0 Å². The maximum absolute atomic E-state index is 12.8. The van der Waals surface area contributed by atoms with Gasteiger partial charge in [-0.2, -0.15) is 5.10 Å². The van der Waals surface area contributed by atoms with Gasteiger partial charge in [0.15, 0.2) is 11.6 Å². The van der Waals surface area contributed by atoms with Crippen LogP contribution in [0.5, 0.6) is 0 Å². The first-order valence-corrected chi connectivity index (χ1v) is 13.6. The van der Waals surface area contributed by atoms with Gasteiger partial charge in [-0.25, -0.2) is 4.79 Å². The molecule has 5 rings (SSSR count). The molecule has 1 aliphatic heterocycles. The van der Waals surface area contributed by atoms with Gasteiger partial charge in [0, 0.05) is 67.1 Å². The van der Waals surface area contributed by atoms with Crippen molar-refractivity contribution in [3.8, 4) is 11.3 Å². The minimum atomic E-state index is -0.442. The Morgan fingerprint density at radius 1 is 0.927 bits per heavy atom. The molecule has 41 heavy (non-hydrogen) atoms. The van der Waals surface area contributed by atoms with Gasteiger partial charge in [-0.05, 0) is 36.9 Å². The first kappa shape index (κ1) is 28.1. The highest BCUT2D eigenvalue weighted by molar-refractivity contribution is 6.04. The van der Waals surface area contributed by atoms with Gasteiger partial charge in [-0.1, -0.05) is 50.2 Å². The number of carbonyl (C=O) groups excluding carboxylic acids is 2. The third-order valence-corrected chi connectivity index (χ3v) is 6.96. The lowest BCUT2D eigenvalue weighted by Crippen LogP contribution is -2.43. The predicted octanol–water partition coefficient (Wildman–Crippen LogP) is 5.01. The standard InChI is InChI=1S/C30H36N8O3/c1-30(2,3)25-18-27(36-41-25)33-29(40)31-23-7-5-6-22(16-23)24-17-26(35-34-24)32-28(39)21-10-8-20(9-11-21)19-38-14-12-37(4)13-15-38/h5-11,16-18H,12-15,19H2,1-4H3,(H2,31,33,36,40)(H2,32,34,35,39). The summed E-state index contributed by atoms with van der Waals surface area (Å²) in [5, 5.41) is 19.4. The van der Waals surface area contributed by atoms with E-state index in [1.807, 2.05) is 57.2 Å². The van der Waals surface area contributed by atoms with Crippen LogP contribution in [0.4, 0.5) is 22.1 Å². The van der Waals surface area contributed by atoms with Gasteiger partial charge in [-0.15, -0.1) is 0 Å². The molecule has 0 bridgehead atoms. The van der Waals surface area contributed by atoms with Crippen molar-refractivity contribution in [1.29, 1.82) is 0 Å². The summed E-state index contributed by atoms with van der Waals surface area (Å²) in [5.41, 5.74) is 3.60. The number of amides is 3. The zero-order valence-electron chi connectivity index (χ0n) is 23.8. The van der Waals surface area contributed by atoms with Crippen LogP contribution < -0.4 is 16.0 Å². The van der Waals surface area contributed by atoms with E-state index in [0.29, 0.717) is 34.3 Å². The fraction of sp³-hybridized carbons (Fsp3) is 0.333. The Kier molecular flexibility index (Phi) is 8.18. The minimum absolute atomic E-state index is 0.213. The summed E-state index contributed by atoms with van der Waals surface area (Å²) in [6.07, 6.45) is 0. The minimum Gasteiger partial charge on any atom is -0.359 e. The van der Waals surface area contributed by atoms with E-state index >= 15 is 0 Å². The van der Waals surface area contributed by atoms with E-state index < -0.39 is 6.03 Å². The Labute approximate surface area is 239 Å². The number of nitrogens with one attached hydrogen (secondary N) is 4. The Balaban J connectivity index is 1.16. The van der Waals surface area contributed by atoms with Gasteiger partial charge in [0.25, 0.3) is 5.91 Å². The summed E-state index contributed by atoms with van der Waals surface area (Å²) in [7, 11) is 2.15. The maximum atomic E-state index is 12.8. The molecule has 1 saturated heterocycles. The number of nitrogens with zero attached hydrogens (tertiary/aromatic N) is 4. The summed E-state index contributed by atoms with van der Waals surface area (Å²) in [5.74, 6) is 1.18. The number of aromatic amines is 1. The maximum Gasteiger partial charge on any atom is 0.324 e.